The van der Waals surface area contributed by atoms with Crippen molar-refractivity contribution in [3.8, 4) is 0 Å². The van der Waals surface area contributed by atoms with E-state index in [1.165, 1.54) is 24.0 Å². The number of hydrogen-bond acceptors (Lipinski definition) is 5. The Bertz CT molecular complexity index is 395. The molecule has 9 heteroatoms. The van der Waals surface area contributed by atoms with Crippen molar-refractivity contribution in [2.75, 3.05) is 0 Å². The summed E-state index contributed by atoms with van der Waals surface area (Å²) in [5.74, 6) is -1.34. The number of nitrogens with zero attached hydrogens (tertiary/aromatic N) is 3. The van der Waals surface area contributed by atoms with Gasteiger partial charge in [0.2, 0.25) is 0 Å². The molecular weight excluding hydrogens is 236 g/mol. The summed E-state index contributed by atoms with van der Waals surface area (Å²) in [5, 5.41) is 15.9. The molecule has 0 aromatic carbocycles. The maximum Gasteiger partial charge on any atom is 0.322 e. The van der Waals surface area contributed by atoms with Crippen LogP contribution in [-0.4, -0.2) is 45.6 Å². The van der Waals surface area contributed by atoms with Gasteiger partial charge in [-0.1, -0.05) is 5.21 Å². The molecule has 0 spiro atoms. The fourth-order valence-electron chi connectivity index (χ4n) is 1.16. The van der Waals surface area contributed by atoms with Gasteiger partial charge in [-0.15, -0.1) is 5.10 Å². The Morgan fingerprint density at radius 2 is 2.38 bits per heavy atom. The average molecular weight is 248 g/mol. The SMILES string of the molecule is C[C@](Cn1ccnn1)([C@@H](N)C(=O)O)S(=O)O. The van der Waals surface area contributed by atoms with Crippen LogP contribution in [0.25, 0.3) is 0 Å². The summed E-state index contributed by atoms with van der Waals surface area (Å²) in [7, 11) is 0. The van der Waals surface area contributed by atoms with Gasteiger partial charge in [0.15, 0.2) is 11.1 Å². The van der Waals surface area contributed by atoms with Gasteiger partial charge in [0.1, 0.15) is 10.8 Å². The van der Waals surface area contributed by atoms with Crippen LogP contribution in [0, 0.1) is 0 Å². The van der Waals surface area contributed by atoms with Crippen molar-refractivity contribution < 1.29 is 18.7 Å². The Morgan fingerprint density at radius 1 is 1.75 bits per heavy atom. The number of carboxylic acids is 1. The lowest BCUT2D eigenvalue weighted by atomic mass is 10.0. The predicted octanol–water partition coefficient (Wildman–Crippen LogP) is -1.33. The zero-order valence-electron chi connectivity index (χ0n) is 8.48. The van der Waals surface area contributed by atoms with Crippen LogP contribution in [0.1, 0.15) is 6.92 Å². The van der Waals surface area contributed by atoms with E-state index >= 15 is 0 Å². The highest BCUT2D eigenvalue weighted by molar-refractivity contribution is 7.80. The average Bonchev–Trinajstić information content (AvgIpc) is 2.68. The maximum atomic E-state index is 11.2. The van der Waals surface area contributed by atoms with Gasteiger partial charge in [-0.25, -0.2) is 4.21 Å². The molecule has 1 rings (SSSR count). The summed E-state index contributed by atoms with van der Waals surface area (Å²) in [5.41, 5.74) is 5.40. The molecule has 1 unspecified atom stereocenters. The van der Waals surface area contributed by atoms with Gasteiger partial charge in [-0.2, -0.15) is 0 Å². The molecule has 1 aromatic rings. The van der Waals surface area contributed by atoms with E-state index in [0.29, 0.717) is 0 Å². The molecule has 0 radical (unpaired) electrons. The van der Waals surface area contributed by atoms with Gasteiger partial charge in [0, 0.05) is 6.20 Å². The number of hydrogen-bond donors (Lipinski definition) is 3. The summed E-state index contributed by atoms with van der Waals surface area (Å²) < 4.78 is 20.1. The standard InChI is InChI=1S/C7H12N4O4S/c1-7(16(14)15,5(8)6(12)13)4-11-3-2-9-10-11/h2-3,5H,4,8H2,1H3,(H,12,13)(H,14,15)/t5-,7-/m0/s1. The molecule has 0 bridgehead atoms. The quantitative estimate of drug-likeness (QED) is 0.550. The van der Waals surface area contributed by atoms with Crippen molar-refractivity contribution in [2.45, 2.75) is 24.3 Å². The second-order valence-corrected chi connectivity index (χ2v) is 4.91. The number of aromatic nitrogens is 3. The van der Waals surface area contributed by atoms with Gasteiger partial charge in [-0.05, 0) is 6.92 Å². The van der Waals surface area contributed by atoms with Crippen molar-refractivity contribution >= 4 is 17.0 Å². The summed E-state index contributed by atoms with van der Waals surface area (Å²) in [6.45, 7) is 1.20. The summed E-state index contributed by atoms with van der Waals surface area (Å²) in [4.78, 5) is 10.8. The number of carbonyl (C=O) groups is 1. The Morgan fingerprint density at radius 3 is 2.75 bits per heavy atom. The molecule has 3 atom stereocenters. The zero-order valence-corrected chi connectivity index (χ0v) is 9.29. The first kappa shape index (κ1) is 12.7. The van der Waals surface area contributed by atoms with Crippen molar-refractivity contribution in [1.29, 1.82) is 0 Å². The monoisotopic (exact) mass is 248 g/mol. The lowest BCUT2D eigenvalue weighted by Crippen LogP contribution is -2.55. The molecule has 0 aliphatic carbocycles. The van der Waals surface area contributed by atoms with E-state index in [1.54, 1.807) is 0 Å². The van der Waals surface area contributed by atoms with E-state index in [0.717, 1.165) is 0 Å². The second kappa shape index (κ2) is 4.68. The minimum Gasteiger partial charge on any atom is -0.480 e. The van der Waals surface area contributed by atoms with Crippen LogP contribution >= 0.6 is 0 Å². The number of rotatable bonds is 5. The van der Waals surface area contributed by atoms with Crippen LogP contribution in [0.15, 0.2) is 12.4 Å². The Kier molecular flexibility index (Phi) is 3.73. The number of aliphatic carboxylic acids is 1. The first-order valence-electron chi connectivity index (χ1n) is 4.31. The van der Waals surface area contributed by atoms with Gasteiger partial charge < -0.3 is 15.4 Å². The predicted molar refractivity (Wildman–Crippen MR) is 54.8 cm³/mol. The van der Waals surface area contributed by atoms with E-state index in [4.69, 9.17) is 15.4 Å². The third kappa shape index (κ3) is 2.43. The maximum absolute atomic E-state index is 11.2. The molecule has 0 aliphatic rings. The third-order valence-electron chi connectivity index (χ3n) is 2.27. The van der Waals surface area contributed by atoms with E-state index in [9.17, 15) is 9.00 Å². The highest BCUT2D eigenvalue weighted by Gasteiger charge is 2.43. The second-order valence-electron chi connectivity index (χ2n) is 3.48. The number of carboxylic acid groups (broad SMARTS) is 1. The van der Waals surface area contributed by atoms with E-state index in [2.05, 4.69) is 10.3 Å². The van der Waals surface area contributed by atoms with Crippen molar-refractivity contribution in [3.63, 3.8) is 0 Å². The molecule has 0 aliphatic heterocycles. The molecule has 1 aromatic heterocycles. The highest BCUT2D eigenvalue weighted by Crippen LogP contribution is 2.19. The van der Waals surface area contributed by atoms with Gasteiger partial charge in [0.05, 0.1) is 12.7 Å². The lowest BCUT2D eigenvalue weighted by molar-refractivity contribution is -0.139. The van der Waals surface area contributed by atoms with E-state index in [1.807, 2.05) is 0 Å². The lowest BCUT2D eigenvalue weighted by Gasteiger charge is -2.28. The molecule has 0 fully saturated rings. The molecule has 1 heterocycles. The van der Waals surface area contributed by atoms with Gasteiger partial charge in [-0.3, -0.25) is 9.48 Å². The molecule has 90 valence electrons. The van der Waals surface area contributed by atoms with Crippen LogP contribution < -0.4 is 5.73 Å². The van der Waals surface area contributed by atoms with Crippen LogP contribution in [0.2, 0.25) is 0 Å². The van der Waals surface area contributed by atoms with Crippen LogP contribution in [0.4, 0.5) is 0 Å². The summed E-state index contributed by atoms with van der Waals surface area (Å²) in [6.07, 6.45) is 2.84. The molecule has 0 saturated heterocycles. The Labute approximate surface area is 93.7 Å². The van der Waals surface area contributed by atoms with Gasteiger partial charge in [0.25, 0.3) is 0 Å². The molecule has 16 heavy (non-hydrogen) atoms. The van der Waals surface area contributed by atoms with Crippen LogP contribution in [-0.2, 0) is 22.4 Å². The van der Waals surface area contributed by atoms with Crippen molar-refractivity contribution in [1.82, 2.24) is 15.0 Å². The molecule has 0 amide bonds. The minimum atomic E-state index is -2.40. The highest BCUT2D eigenvalue weighted by atomic mass is 32.2. The summed E-state index contributed by atoms with van der Waals surface area (Å²) in [6, 6.07) is -1.47. The summed E-state index contributed by atoms with van der Waals surface area (Å²) >= 11 is -2.40. The Hall–Kier alpha value is -1.32. The molecule has 4 N–H and O–H groups in total. The molecule has 0 saturated carbocycles. The first-order chi connectivity index (χ1) is 7.38. The van der Waals surface area contributed by atoms with Crippen molar-refractivity contribution in [2.24, 2.45) is 5.73 Å². The van der Waals surface area contributed by atoms with Crippen LogP contribution in [0.5, 0.6) is 0 Å². The fraction of sp³-hybridized carbons (Fsp3) is 0.571. The van der Waals surface area contributed by atoms with E-state index in [-0.39, 0.29) is 6.54 Å². The Balaban J connectivity index is 2.97. The minimum absolute atomic E-state index is 0.108. The number of nitrogens with two attached hydrogens (primary N) is 1. The normalized spacial score (nSPS) is 18.7. The first-order valence-corrected chi connectivity index (χ1v) is 5.42. The zero-order chi connectivity index (χ0) is 12.3. The largest absolute Gasteiger partial charge is 0.480 e. The van der Waals surface area contributed by atoms with Gasteiger partial charge >= 0.3 is 5.97 Å². The van der Waals surface area contributed by atoms with Crippen molar-refractivity contribution in [3.05, 3.63) is 12.4 Å². The van der Waals surface area contributed by atoms with E-state index < -0.39 is 27.8 Å². The molecule has 8 nitrogen and oxygen atoms in total. The smallest absolute Gasteiger partial charge is 0.322 e. The molecular formula is C7H12N4O4S. The third-order valence-corrected chi connectivity index (χ3v) is 3.45. The topological polar surface area (TPSA) is 131 Å². The van der Waals surface area contributed by atoms with Crippen LogP contribution in [0.3, 0.4) is 0 Å². The fourth-order valence-corrected chi connectivity index (χ4v) is 1.72.